The monoisotopic (exact) mass is 314 g/mol. The molecule has 0 unspecified atom stereocenters. The highest BCUT2D eigenvalue weighted by Crippen LogP contribution is 2.23. The van der Waals surface area contributed by atoms with Crippen LogP contribution >= 0.6 is 22.6 Å². The Morgan fingerprint density at radius 3 is 2.64 bits per heavy atom. The third kappa shape index (κ3) is 2.37. The number of nitrogens with zero attached hydrogens (tertiary/aromatic N) is 1. The fraction of sp³-hybridized carbons (Fsp3) is 0.375. The van der Waals surface area contributed by atoms with Crippen LogP contribution in [-0.2, 0) is 13.2 Å². The SMILES string of the molecule is NCc1c(I)cc(C(F)F)nc1CO. The fourth-order valence-electron chi connectivity index (χ4n) is 1.07. The molecule has 6 heteroatoms. The molecule has 1 heterocycles. The highest BCUT2D eigenvalue weighted by atomic mass is 127. The number of aliphatic hydroxyl groups excluding tert-OH is 1. The summed E-state index contributed by atoms with van der Waals surface area (Å²) in [5.74, 6) is 0. The van der Waals surface area contributed by atoms with E-state index in [0.717, 1.165) is 0 Å². The maximum atomic E-state index is 12.3. The van der Waals surface area contributed by atoms with Gasteiger partial charge in [-0.15, -0.1) is 0 Å². The highest BCUT2D eigenvalue weighted by molar-refractivity contribution is 14.1. The predicted octanol–water partition coefficient (Wildman–Crippen LogP) is 1.57. The Morgan fingerprint density at radius 2 is 2.21 bits per heavy atom. The topological polar surface area (TPSA) is 59.1 Å². The second-order valence-electron chi connectivity index (χ2n) is 2.62. The van der Waals surface area contributed by atoms with Gasteiger partial charge in [0.05, 0.1) is 12.3 Å². The van der Waals surface area contributed by atoms with Gasteiger partial charge in [-0.2, -0.15) is 0 Å². The number of halogens is 3. The third-order valence-electron chi connectivity index (χ3n) is 1.75. The Kier molecular flexibility index (Phi) is 4.14. The average molecular weight is 314 g/mol. The van der Waals surface area contributed by atoms with E-state index in [2.05, 4.69) is 4.98 Å². The lowest BCUT2D eigenvalue weighted by atomic mass is 10.2. The van der Waals surface area contributed by atoms with Gasteiger partial charge in [-0.1, -0.05) is 0 Å². The van der Waals surface area contributed by atoms with E-state index in [-0.39, 0.29) is 24.5 Å². The zero-order chi connectivity index (χ0) is 10.7. The van der Waals surface area contributed by atoms with Gasteiger partial charge in [0, 0.05) is 15.7 Å². The van der Waals surface area contributed by atoms with Gasteiger partial charge >= 0.3 is 0 Å². The molecular weight excluding hydrogens is 305 g/mol. The van der Waals surface area contributed by atoms with Crippen molar-refractivity contribution in [2.24, 2.45) is 5.73 Å². The van der Waals surface area contributed by atoms with Crippen LogP contribution in [0.25, 0.3) is 0 Å². The van der Waals surface area contributed by atoms with Crippen molar-refractivity contribution in [3.8, 4) is 0 Å². The number of rotatable bonds is 3. The van der Waals surface area contributed by atoms with Gasteiger partial charge in [0.15, 0.2) is 0 Å². The first kappa shape index (κ1) is 11.7. The summed E-state index contributed by atoms with van der Waals surface area (Å²) in [5.41, 5.74) is 5.94. The molecule has 1 aromatic heterocycles. The first-order valence-electron chi connectivity index (χ1n) is 3.87. The molecule has 0 saturated heterocycles. The number of aliphatic hydroxyl groups is 1. The molecule has 0 aromatic carbocycles. The van der Waals surface area contributed by atoms with Crippen LogP contribution in [0.4, 0.5) is 8.78 Å². The van der Waals surface area contributed by atoms with Crippen LogP contribution in [0.15, 0.2) is 6.07 Å². The van der Waals surface area contributed by atoms with Gasteiger partial charge in [-0.25, -0.2) is 13.8 Å². The van der Waals surface area contributed by atoms with E-state index in [0.29, 0.717) is 9.13 Å². The van der Waals surface area contributed by atoms with Crippen molar-refractivity contribution in [2.45, 2.75) is 19.6 Å². The number of nitrogens with two attached hydrogens (primary N) is 1. The number of hydrogen-bond donors (Lipinski definition) is 2. The molecule has 0 atom stereocenters. The average Bonchev–Trinajstić information content (AvgIpc) is 2.16. The molecule has 0 saturated carbocycles. The van der Waals surface area contributed by atoms with Gasteiger partial charge in [-0.05, 0) is 28.7 Å². The van der Waals surface area contributed by atoms with Gasteiger partial charge in [0.1, 0.15) is 5.69 Å². The largest absolute Gasteiger partial charge is 0.390 e. The van der Waals surface area contributed by atoms with E-state index >= 15 is 0 Å². The van der Waals surface area contributed by atoms with Crippen LogP contribution in [0.1, 0.15) is 23.4 Å². The van der Waals surface area contributed by atoms with Gasteiger partial charge in [0.25, 0.3) is 6.43 Å². The molecule has 3 N–H and O–H groups in total. The Labute approximate surface area is 93.5 Å². The molecule has 0 bridgehead atoms. The lowest BCUT2D eigenvalue weighted by Gasteiger charge is -2.09. The Balaban J connectivity index is 3.24. The van der Waals surface area contributed by atoms with Gasteiger partial charge in [-0.3, -0.25) is 0 Å². The zero-order valence-corrected chi connectivity index (χ0v) is 9.33. The maximum Gasteiger partial charge on any atom is 0.280 e. The first-order valence-corrected chi connectivity index (χ1v) is 4.95. The standard InChI is InChI=1S/C8H9F2IN2O/c9-8(10)6-1-5(11)4(2-12)7(3-14)13-6/h1,8,14H,2-3,12H2. The van der Waals surface area contributed by atoms with Crippen LogP contribution in [-0.4, -0.2) is 10.1 Å². The lowest BCUT2D eigenvalue weighted by Crippen LogP contribution is -2.09. The number of hydrogen-bond acceptors (Lipinski definition) is 3. The predicted molar refractivity (Wildman–Crippen MR) is 55.7 cm³/mol. The summed E-state index contributed by atoms with van der Waals surface area (Å²) >= 11 is 1.90. The summed E-state index contributed by atoms with van der Waals surface area (Å²) in [6, 6.07) is 1.28. The third-order valence-corrected chi connectivity index (χ3v) is 2.72. The van der Waals surface area contributed by atoms with E-state index in [4.69, 9.17) is 10.8 Å². The number of pyridine rings is 1. The summed E-state index contributed by atoms with van der Waals surface area (Å²) in [7, 11) is 0. The molecule has 1 aromatic rings. The summed E-state index contributed by atoms with van der Waals surface area (Å²) in [5, 5.41) is 8.91. The summed E-state index contributed by atoms with van der Waals surface area (Å²) in [6.45, 7) is -0.187. The van der Waals surface area contributed by atoms with Crippen LogP contribution < -0.4 is 5.73 Å². The second kappa shape index (κ2) is 4.94. The minimum absolute atomic E-state index is 0.185. The molecule has 14 heavy (non-hydrogen) atoms. The van der Waals surface area contributed by atoms with E-state index in [9.17, 15) is 8.78 Å². The van der Waals surface area contributed by atoms with Crippen LogP contribution in [0.5, 0.6) is 0 Å². The molecule has 0 aliphatic heterocycles. The van der Waals surface area contributed by atoms with Crippen molar-refractivity contribution in [3.05, 3.63) is 26.6 Å². The molecule has 0 aliphatic rings. The van der Waals surface area contributed by atoms with Crippen molar-refractivity contribution in [1.29, 1.82) is 0 Å². The highest BCUT2D eigenvalue weighted by Gasteiger charge is 2.14. The molecule has 0 amide bonds. The normalized spacial score (nSPS) is 11.0. The van der Waals surface area contributed by atoms with Crippen LogP contribution in [0.3, 0.4) is 0 Å². The molecule has 0 spiro atoms. The summed E-state index contributed by atoms with van der Waals surface area (Å²) in [6.07, 6.45) is -2.62. The Hall–Kier alpha value is -0.340. The molecule has 1 rings (SSSR count). The Bertz CT molecular complexity index is 333. The van der Waals surface area contributed by atoms with Crippen molar-refractivity contribution >= 4 is 22.6 Å². The fourth-order valence-corrected chi connectivity index (χ4v) is 1.92. The molecule has 3 nitrogen and oxygen atoms in total. The summed E-state index contributed by atoms with van der Waals surface area (Å²) < 4.78 is 25.3. The van der Waals surface area contributed by atoms with Crippen molar-refractivity contribution in [2.75, 3.05) is 0 Å². The minimum Gasteiger partial charge on any atom is -0.390 e. The quantitative estimate of drug-likeness (QED) is 0.833. The van der Waals surface area contributed by atoms with E-state index in [1.54, 1.807) is 0 Å². The number of aromatic nitrogens is 1. The molecule has 0 radical (unpaired) electrons. The van der Waals surface area contributed by atoms with Gasteiger partial charge in [0.2, 0.25) is 0 Å². The molecule has 0 aliphatic carbocycles. The van der Waals surface area contributed by atoms with Crippen molar-refractivity contribution < 1.29 is 13.9 Å². The van der Waals surface area contributed by atoms with Crippen LogP contribution in [0.2, 0.25) is 0 Å². The Morgan fingerprint density at radius 1 is 1.57 bits per heavy atom. The number of alkyl halides is 2. The van der Waals surface area contributed by atoms with Crippen molar-refractivity contribution in [1.82, 2.24) is 4.98 Å². The zero-order valence-electron chi connectivity index (χ0n) is 7.17. The van der Waals surface area contributed by atoms with E-state index in [1.165, 1.54) is 6.07 Å². The smallest absolute Gasteiger partial charge is 0.280 e. The maximum absolute atomic E-state index is 12.3. The van der Waals surface area contributed by atoms with Crippen LogP contribution in [0, 0.1) is 3.57 Å². The minimum atomic E-state index is -2.62. The lowest BCUT2D eigenvalue weighted by molar-refractivity contribution is 0.145. The van der Waals surface area contributed by atoms with Gasteiger partial charge < -0.3 is 10.8 Å². The summed E-state index contributed by atoms with van der Waals surface area (Å²) in [4.78, 5) is 3.64. The molecule has 78 valence electrons. The molecular formula is C8H9F2IN2O. The van der Waals surface area contributed by atoms with E-state index < -0.39 is 6.43 Å². The van der Waals surface area contributed by atoms with Crippen molar-refractivity contribution in [3.63, 3.8) is 0 Å². The van der Waals surface area contributed by atoms with E-state index in [1.807, 2.05) is 22.6 Å². The first-order chi connectivity index (χ1) is 6.60. The molecule has 0 fully saturated rings. The second-order valence-corrected chi connectivity index (χ2v) is 3.78.